The van der Waals surface area contributed by atoms with E-state index < -0.39 is 0 Å². The third kappa shape index (κ3) is 4.33. The molecule has 0 saturated carbocycles. The Bertz CT molecular complexity index is 273. The lowest BCUT2D eigenvalue weighted by atomic mass is 9.92. The van der Waals surface area contributed by atoms with E-state index in [1.165, 1.54) is 5.56 Å². The maximum absolute atomic E-state index is 6.21. The quantitative estimate of drug-likeness (QED) is 0.718. The van der Waals surface area contributed by atoms with Gasteiger partial charge in [0.15, 0.2) is 0 Å². The Hall–Kier alpha value is -0.860. The minimum absolute atomic E-state index is 0.142. The second-order valence-corrected chi connectivity index (χ2v) is 4.25. The first kappa shape index (κ1) is 13.2. The molecule has 0 aliphatic rings. The van der Waals surface area contributed by atoms with Crippen LogP contribution in [0.1, 0.15) is 38.3 Å². The molecule has 90 valence electrons. The van der Waals surface area contributed by atoms with Gasteiger partial charge in [0.25, 0.3) is 0 Å². The Kier molecular flexibility index (Phi) is 6.12. The standard InChI is InChI=1S/C14H23NO/c1-3-16-11-7-8-12(2)14(15)13-9-5-4-6-10-13/h4-6,9-10,12,14H,3,7-8,11,15H2,1-2H3. The number of rotatable bonds is 7. The van der Waals surface area contributed by atoms with E-state index in [-0.39, 0.29) is 6.04 Å². The maximum Gasteiger partial charge on any atom is 0.0466 e. The first-order chi connectivity index (χ1) is 7.75. The van der Waals surface area contributed by atoms with E-state index in [2.05, 4.69) is 19.1 Å². The fraction of sp³-hybridized carbons (Fsp3) is 0.571. The molecule has 0 radical (unpaired) electrons. The van der Waals surface area contributed by atoms with Gasteiger partial charge >= 0.3 is 0 Å². The average Bonchev–Trinajstić information content (AvgIpc) is 2.34. The van der Waals surface area contributed by atoms with Gasteiger partial charge < -0.3 is 10.5 Å². The molecule has 1 aromatic rings. The zero-order chi connectivity index (χ0) is 11.8. The van der Waals surface area contributed by atoms with E-state index in [1.54, 1.807) is 0 Å². The normalized spacial score (nSPS) is 14.7. The molecule has 0 aromatic heterocycles. The van der Waals surface area contributed by atoms with Crippen LogP contribution >= 0.6 is 0 Å². The van der Waals surface area contributed by atoms with Crippen molar-refractivity contribution in [3.8, 4) is 0 Å². The van der Waals surface area contributed by atoms with Crippen molar-refractivity contribution in [3.05, 3.63) is 35.9 Å². The first-order valence-corrected chi connectivity index (χ1v) is 6.14. The smallest absolute Gasteiger partial charge is 0.0466 e. The summed E-state index contributed by atoms with van der Waals surface area (Å²) < 4.78 is 5.33. The molecule has 0 spiro atoms. The molecule has 2 nitrogen and oxygen atoms in total. The average molecular weight is 221 g/mol. The van der Waals surface area contributed by atoms with Gasteiger partial charge in [-0.1, -0.05) is 37.3 Å². The minimum Gasteiger partial charge on any atom is -0.382 e. The summed E-state index contributed by atoms with van der Waals surface area (Å²) in [5.74, 6) is 0.503. The number of ether oxygens (including phenoxy) is 1. The van der Waals surface area contributed by atoms with Crippen molar-refractivity contribution in [2.75, 3.05) is 13.2 Å². The molecule has 2 atom stereocenters. The van der Waals surface area contributed by atoms with E-state index in [0.717, 1.165) is 26.1 Å². The number of hydrogen-bond donors (Lipinski definition) is 1. The fourth-order valence-electron chi connectivity index (χ4n) is 1.84. The van der Waals surface area contributed by atoms with Gasteiger partial charge in [-0.05, 0) is 31.2 Å². The zero-order valence-electron chi connectivity index (χ0n) is 10.4. The molecular weight excluding hydrogens is 198 g/mol. The molecule has 2 unspecified atom stereocenters. The van der Waals surface area contributed by atoms with E-state index in [1.807, 2.05) is 25.1 Å². The first-order valence-electron chi connectivity index (χ1n) is 6.14. The number of nitrogens with two attached hydrogens (primary N) is 1. The van der Waals surface area contributed by atoms with Crippen molar-refractivity contribution in [1.29, 1.82) is 0 Å². The van der Waals surface area contributed by atoms with Gasteiger partial charge in [0.2, 0.25) is 0 Å². The maximum atomic E-state index is 6.21. The van der Waals surface area contributed by atoms with Crippen LogP contribution in [0.5, 0.6) is 0 Å². The lowest BCUT2D eigenvalue weighted by Gasteiger charge is -2.20. The van der Waals surface area contributed by atoms with Crippen LogP contribution in [-0.4, -0.2) is 13.2 Å². The Morgan fingerprint density at radius 2 is 1.94 bits per heavy atom. The van der Waals surface area contributed by atoms with Gasteiger partial charge in [-0.3, -0.25) is 0 Å². The minimum atomic E-state index is 0.142. The highest BCUT2D eigenvalue weighted by Gasteiger charge is 2.13. The van der Waals surface area contributed by atoms with Crippen LogP contribution in [0.2, 0.25) is 0 Å². The molecule has 0 saturated heterocycles. The topological polar surface area (TPSA) is 35.2 Å². The van der Waals surface area contributed by atoms with Crippen molar-refractivity contribution in [3.63, 3.8) is 0 Å². The largest absolute Gasteiger partial charge is 0.382 e. The summed E-state index contributed by atoms with van der Waals surface area (Å²) in [4.78, 5) is 0. The zero-order valence-corrected chi connectivity index (χ0v) is 10.4. The molecular formula is C14H23NO. The summed E-state index contributed by atoms with van der Waals surface area (Å²) in [6.45, 7) is 5.89. The van der Waals surface area contributed by atoms with Crippen LogP contribution in [0.4, 0.5) is 0 Å². The molecule has 0 heterocycles. The molecule has 0 aliphatic carbocycles. The molecule has 0 fully saturated rings. The Labute approximate surface area is 98.8 Å². The summed E-state index contributed by atoms with van der Waals surface area (Å²) >= 11 is 0. The van der Waals surface area contributed by atoms with Gasteiger partial charge in [0.05, 0.1) is 0 Å². The van der Waals surface area contributed by atoms with Crippen LogP contribution < -0.4 is 5.73 Å². The highest BCUT2D eigenvalue weighted by molar-refractivity contribution is 5.18. The second kappa shape index (κ2) is 7.42. The van der Waals surface area contributed by atoms with Gasteiger partial charge in [0, 0.05) is 19.3 Å². The number of benzene rings is 1. The molecule has 0 aliphatic heterocycles. The summed E-state index contributed by atoms with van der Waals surface area (Å²) in [5, 5.41) is 0. The predicted molar refractivity (Wildman–Crippen MR) is 68.3 cm³/mol. The van der Waals surface area contributed by atoms with Crippen molar-refractivity contribution in [2.24, 2.45) is 11.7 Å². The second-order valence-electron chi connectivity index (χ2n) is 4.25. The van der Waals surface area contributed by atoms with Crippen molar-refractivity contribution >= 4 is 0 Å². The molecule has 2 N–H and O–H groups in total. The predicted octanol–water partition coefficient (Wildman–Crippen LogP) is 3.14. The molecule has 0 bridgehead atoms. The van der Waals surface area contributed by atoms with E-state index in [9.17, 15) is 0 Å². The summed E-state index contributed by atoms with van der Waals surface area (Å²) in [7, 11) is 0. The summed E-state index contributed by atoms with van der Waals surface area (Å²) in [5.41, 5.74) is 7.44. The van der Waals surface area contributed by atoms with Crippen molar-refractivity contribution in [2.45, 2.75) is 32.7 Å². The Balaban J connectivity index is 2.33. The molecule has 0 amide bonds. The van der Waals surface area contributed by atoms with Gasteiger partial charge in [-0.25, -0.2) is 0 Å². The third-order valence-electron chi connectivity index (χ3n) is 2.95. The lowest BCUT2D eigenvalue weighted by molar-refractivity contribution is 0.139. The third-order valence-corrected chi connectivity index (χ3v) is 2.95. The summed E-state index contributed by atoms with van der Waals surface area (Å²) in [6.07, 6.45) is 2.21. The highest BCUT2D eigenvalue weighted by atomic mass is 16.5. The van der Waals surface area contributed by atoms with Crippen LogP contribution in [0.3, 0.4) is 0 Å². The van der Waals surface area contributed by atoms with Crippen LogP contribution in [0.15, 0.2) is 30.3 Å². The van der Waals surface area contributed by atoms with Gasteiger partial charge in [-0.2, -0.15) is 0 Å². The highest BCUT2D eigenvalue weighted by Crippen LogP contribution is 2.22. The van der Waals surface area contributed by atoms with Crippen LogP contribution in [-0.2, 0) is 4.74 Å². The van der Waals surface area contributed by atoms with Crippen molar-refractivity contribution < 1.29 is 4.74 Å². The Morgan fingerprint density at radius 3 is 2.56 bits per heavy atom. The number of hydrogen-bond acceptors (Lipinski definition) is 2. The van der Waals surface area contributed by atoms with E-state index in [0.29, 0.717) is 5.92 Å². The van der Waals surface area contributed by atoms with Crippen LogP contribution in [0.25, 0.3) is 0 Å². The molecule has 16 heavy (non-hydrogen) atoms. The van der Waals surface area contributed by atoms with Gasteiger partial charge in [-0.15, -0.1) is 0 Å². The summed E-state index contributed by atoms with van der Waals surface area (Å²) in [6, 6.07) is 10.5. The van der Waals surface area contributed by atoms with Crippen molar-refractivity contribution in [1.82, 2.24) is 0 Å². The SMILES string of the molecule is CCOCCCC(C)C(N)c1ccccc1. The lowest BCUT2D eigenvalue weighted by Crippen LogP contribution is -2.19. The van der Waals surface area contributed by atoms with E-state index >= 15 is 0 Å². The molecule has 2 heteroatoms. The fourth-order valence-corrected chi connectivity index (χ4v) is 1.84. The molecule has 1 aromatic carbocycles. The van der Waals surface area contributed by atoms with Crippen LogP contribution in [0, 0.1) is 5.92 Å². The Morgan fingerprint density at radius 1 is 1.25 bits per heavy atom. The van der Waals surface area contributed by atoms with E-state index in [4.69, 9.17) is 10.5 Å². The molecule has 1 rings (SSSR count). The van der Waals surface area contributed by atoms with Gasteiger partial charge in [0.1, 0.15) is 0 Å². The monoisotopic (exact) mass is 221 g/mol.